The number of hydrogen-bond acceptors (Lipinski definition) is 4. The van der Waals surface area contributed by atoms with E-state index in [1.54, 1.807) is 35.6 Å². The Balaban J connectivity index is 1.81. The van der Waals surface area contributed by atoms with Gasteiger partial charge in [0.05, 0.1) is 6.04 Å². The number of amides is 1. The third-order valence-electron chi connectivity index (χ3n) is 3.21. The van der Waals surface area contributed by atoms with Crippen LogP contribution in [0.25, 0.3) is 0 Å². The predicted molar refractivity (Wildman–Crippen MR) is 90.7 cm³/mol. The molecule has 0 radical (unpaired) electrons. The Morgan fingerprint density at radius 3 is 2.86 bits per heavy atom. The van der Waals surface area contributed by atoms with E-state index in [1.807, 2.05) is 19.5 Å². The molecule has 22 heavy (non-hydrogen) atoms. The van der Waals surface area contributed by atoms with Crippen LogP contribution in [0.15, 0.2) is 41.1 Å². The minimum atomic E-state index is -0.151. The smallest absolute Gasteiger partial charge is 0.258 e. The number of halogens is 1. The van der Waals surface area contributed by atoms with Crippen molar-refractivity contribution < 1.29 is 9.53 Å². The molecule has 1 aromatic carbocycles. The number of thiophene rings is 1. The zero-order chi connectivity index (χ0) is 15.9. The number of carbonyl (C=O) groups is 1. The van der Waals surface area contributed by atoms with Gasteiger partial charge < -0.3 is 15.0 Å². The molecule has 0 aliphatic carbocycles. The number of nitrogens with zero attached hydrogens (tertiary/aromatic N) is 1. The molecule has 0 spiro atoms. The summed E-state index contributed by atoms with van der Waals surface area (Å²) in [4.78, 5) is 14.0. The van der Waals surface area contributed by atoms with Gasteiger partial charge in [-0.3, -0.25) is 4.79 Å². The lowest BCUT2D eigenvalue weighted by molar-refractivity contribution is -0.123. The summed E-state index contributed by atoms with van der Waals surface area (Å²) in [5, 5.41) is 7.62. The van der Waals surface area contributed by atoms with E-state index in [4.69, 9.17) is 16.3 Å². The molecule has 2 rings (SSSR count). The molecule has 118 valence electrons. The van der Waals surface area contributed by atoms with Crippen LogP contribution >= 0.6 is 22.9 Å². The zero-order valence-electron chi connectivity index (χ0n) is 12.6. The van der Waals surface area contributed by atoms with E-state index in [2.05, 4.69) is 21.7 Å². The number of benzene rings is 1. The van der Waals surface area contributed by atoms with Gasteiger partial charge in [-0.25, -0.2) is 0 Å². The summed E-state index contributed by atoms with van der Waals surface area (Å²) in [6.45, 7) is 0.519. The molecular weight excluding hydrogens is 320 g/mol. The Hall–Kier alpha value is -1.56. The van der Waals surface area contributed by atoms with Crippen LogP contribution in [0.2, 0.25) is 5.02 Å². The first kappa shape index (κ1) is 16.8. The molecule has 1 heterocycles. The molecule has 0 fully saturated rings. The fraction of sp³-hybridized carbons (Fsp3) is 0.312. The highest BCUT2D eigenvalue weighted by molar-refractivity contribution is 7.07. The Morgan fingerprint density at radius 2 is 2.23 bits per heavy atom. The van der Waals surface area contributed by atoms with Crippen LogP contribution in [0.4, 0.5) is 0 Å². The van der Waals surface area contributed by atoms with E-state index < -0.39 is 0 Å². The summed E-state index contributed by atoms with van der Waals surface area (Å²) in [6, 6.07) is 9.23. The maximum atomic E-state index is 11.9. The number of likely N-dealkylation sites (N-methyl/N-ethyl adjacent to an activating group) is 1. The molecule has 1 N–H and O–H groups in total. The highest BCUT2D eigenvalue weighted by Gasteiger charge is 2.15. The van der Waals surface area contributed by atoms with Gasteiger partial charge in [-0.2, -0.15) is 11.3 Å². The van der Waals surface area contributed by atoms with Gasteiger partial charge in [0.25, 0.3) is 5.91 Å². The summed E-state index contributed by atoms with van der Waals surface area (Å²) < 4.78 is 5.42. The fourth-order valence-electron chi connectivity index (χ4n) is 2.03. The molecule has 1 atom stereocenters. The van der Waals surface area contributed by atoms with Gasteiger partial charge in [0.15, 0.2) is 6.61 Å². The topological polar surface area (TPSA) is 41.6 Å². The van der Waals surface area contributed by atoms with Crippen molar-refractivity contribution in [3.05, 3.63) is 51.7 Å². The van der Waals surface area contributed by atoms with Crippen molar-refractivity contribution in [1.82, 2.24) is 10.2 Å². The number of carbonyl (C=O) groups excluding carboxylic acids is 1. The monoisotopic (exact) mass is 338 g/mol. The van der Waals surface area contributed by atoms with Crippen LogP contribution in [0.5, 0.6) is 5.75 Å². The summed E-state index contributed by atoms with van der Waals surface area (Å²) >= 11 is 7.52. The second-order valence-electron chi connectivity index (χ2n) is 5.09. The molecule has 1 unspecified atom stereocenters. The summed E-state index contributed by atoms with van der Waals surface area (Å²) in [5.41, 5.74) is 1.20. The third-order valence-corrected chi connectivity index (χ3v) is 4.15. The van der Waals surface area contributed by atoms with Crippen molar-refractivity contribution in [1.29, 1.82) is 0 Å². The van der Waals surface area contributed by atoms with E-state index in [0.717, 1.165) is 0 Å². The lowest BCUT2D eigenvalue weighted by Crippen LogP contribution is -2.36. The molecule has 0 bridgehead atoms. The quantitative estimate of drug-likeness (QED) is 0.843. The zero-order valence-corrected chi connectivity index (χ0v) is 14.2. The van der Waals surface area contributed by atoms with Gasteiger partial charge in [-0.05, 0) is 54.7 Å². The third kappa shape index (κ3) is 5.02. The average molecular weight is 339 g/mol. The molecule has 1 amide bonds. The molecular formula is C16H19ClN2O2S. The minimum Gasteiger partial charge on any atom is -0.484 e. The first-order chi connectivity index (χ1) is 10.6. The van der Waals surface area contributed by atoms with Crippen LogP contribution in [0, 0.1) is 0 Å². The first-order valence-corrected chi connectivity index (χ1v) is 8.22. The summed E-state index contributed by atoms with van der Waals surface area (Å²) in [6.07, 6.45) is 0. The second-order valence-corrected chi connectivity index (χ2v) is 6.30. The molecule has 0 aliphatic rings. The Kier molecular flexibility index (Phi) is 6.24. The highest BCUT2D eigenvalue weighted by atomic mass is 35.5. The van der Waals surface area contributed by atoms with Crippen molar-refractivity contribution in [2.75, 3.05) is 27.2 Å². The minimum absolute atomic E-state index is 0.0237. The maximum Gasteiger partial charge on any atom is 0.258 e. The molecule has 6 heteroatoms. The number of ether oxygens (including phenoxy) is 1. The van der Waals surface area contributed by atoms with Crippen molar-refractivity contribution in [3.63, 3.8) is 0 Å². The molecule has 0 saturated carbocycles. The largest absolute Gasteiger partial charge is 0.484 e. The molecule has 0 saturated heterocycles. The lowest BCUT2D eigenvalue weighted by atomic mass is 10.1. The predicted octanol–water partition coefficient (Wildman–Crippen LogP) is 3.20. The van der Waals surface area contributed by atoms with Gasteiger partial charge >= 0.3 is 0 Å². The standard InChI is InChI=1S/C16H19ClN2O2S/c1-19(2)15(12-6-7-22-11-12)9-18-16(20)10-21-14-5-3-4-13(17)8-14/h3-8,11,15H,9-10H2,1-2H3,(H,18,20). The van der Waals surface area contributed by atoms with E-state index in [1.165, 1.54) is 5.56 Å². The molecule has 2 aromatic rings. The van der Waals surface area contributed by atoms with Crippen molar-refractivity contribution in [2.24, 2.45) is 0 Å². The van der Waals surface area contributed by atoms with Gasteiger partial charge in [0.1, 0.15) is 5.75 Å². The number of rotatable bonds is 7. The van der Waals surface area contributed by atoms with Crippen molar-refractivity contribution >= 4 is 28.8 Å². The van der Waals surface area contributed by atoms with Crippen molar-refractivity contribution in [2.45, 2.75) is 6.04 Å². The Morgan fingerprint density at radius 1 is 1.41 bits per heavy atom. The normalized spacial score (nSPS) is 12.2. The first-order valence-electron chi connectivity index (χ1n) is 6.90. The summed E-state index contributed by atoms with van der Waals surface area (Å²) in [5.74, 6) is 0.437. The van der Waals surface area contributed by atoms with Gasteiger partial charge in [-0.15, -0.1) is 0 Å². The number of nitrogens with one attached hydrogen (secondary N) is 1. The van der Waals surface area contributed by atoms with Gasteiger partial charge in [-0.1, -0.05) is 17.7 Å². The SMILES string of the molecule is CN(C)C(CNC(=O)COc1cccc(Cl)c1)c1ccsc1. The maximum absolute atomic E-state index is 11.9. The number of hydrogen-bond donors (Lipinski definition) is 1. The Labute approximate surface area is 139 Å². The molecule has 4 nitrogen and oxygen atoms in total. The van der Waals surface area contributed by atoms with Crippen LogP contribution in [0.3, 0.4) is 0 Å². The fourth-order valence-corrected chi connectivity index (χ4v) is 2.92. The van der Waals surface area contributed by atoms with E-state index >= 15 is 0 Å². The van der Waals surface area contributed by atoms with Crippen LogP contribution in [-0.2, 0) is 4.79 Å². The van der Waals surface area contributed by atoms with Gasteiger partial charge in [0.2, 0.25) is 0 Å². The Bertz CT molecular complexity index is 602. The van der Waals surface area contributed by atoms with Crippen LogP contribution in [0.1, 0.15) is 11.6 Å². The second kappa shape index (κ2) is 8.17. The van der Waals surface area contributed by atoms with Crippen molar-refractivity contribution in [3.8, 4) is 5.75 Å². The van der Waals surface area contributed by atoms with E-state index in [0.29, 0.717) is 17.3 Å². The lowest BCUT2D eigenvalue weighted by Gasteiger charge is -2.24. The van der Waals surface area contributed by atoms with Crippen LogP contribution in [-0.4, -0.2) is 38.1 Å². The molecule has 0 aliphatic heterocycles. The average Bonchev–Trinajstić information content (AvgIpc) is 2.99. The molecule has 1 aromatic heterocycles. The van der Waals surface area contributed by atoms with Gasteiger partial charge in [0, 0.05) is 11.6 Å². The van der Waals surface area contributed by atoms with E-state index in [9.17, 15) is 4.79 Å². The highest BCUT2D eigenvalue weighted by Crippen LogP contribution is 2.20. The van der Waals surface area contributed by atoms with E-state index in [-0.39, 0.29) is 18.6 Å². The summed E-state index contributed by atoms with van der Waals surface area (Å²) in [7, 11) is 3.99. The van der Waals surface area contributed by atoms with Crippen LogP contribution < -0.4 is 10.1 Å².